The third-order valence-electron chi connectivity index (χ3n) is 3.03. The fourth-order valence-electron chi connectivity index (χ4n) is 2.24. The summed E-state index contributed by atoms with van der Waals surface area (Å²) in [5.41, 5.74) is 11.4. The van der Waals surface area contributed by atoms with E-state index in [4.69, 9.17) is 11.5 Å². The van der Waals surface area contributed by atoms with E-state index in [-0.39, 0.29) is 28.5 Å². The molecule has 7 nitrogen and oxygen atoms in total. The second kappa shape index (κ2) is 6.78. The van der Waals surface area contributed by atoms with E-state index in [1.54, 1.807) is 20.8 Å². The molecule has 8 heteroatoms. The molecule has 0 saturated heterocycles. The maximum Gasteiger partial charge on any atom is 0.249 e. The highest BCUT2D eigenvalue weighted by Gasteiger charge is 2.21. The number of nitrogens with one attached hydrogen (secondary N) is 1. The Bertz CT molecular complexity index is 661. The van der Waals surface area contributed by atoms with Crippen molar-refractivity contribution in [3.8, 4) is 0 Å². The summed E-state index contributed by atoms with van der Waals surface area (Å²) in [4.78, 5) is 23.3. The molecule has 1 aromatic carbocycles. The van der Waals surface area contributed by atoms with Gasteiger partial charge in [-0.25, -0.2) is 8.42 Å². The predicted octanol–water partition coefficient (Wildman–Crippen LogP) is 1.16. The lowest BCUT2D eigenvalue weighted by molar-refractivity contribution is 0.0999. The number of sulfonamides is 1. The molecule has 22 heavy (non-hydrogen) atoms. The molecular formula is C14H21N3O4S. The third kappa shape index (κ3) is 4.20. The average Bonchev–Trinajstić information content (AvgIpc) is 2.36. The Hall–Kier alpha value is -2.09. The van der Waals surface area contributed by atoms with E-state index in [0.29, 0.717) is 12.0 Å². The first-order chi connectivity index (χ1) is 10.1. The van der Waals surface area contributed by atoms with Crippen LogP contribution in [0.2, 0.25) is 0 Å². The Balaban J connectivity index is 3.51. The largest absolute Gasteiger partial charge is 0.366 e. The van der Waals surface area contributed by atoms with Gasteiger partial charge in [0.1, 0.15) is 0 Å². The van der Waals surface area contributed by atoms with Crippen LogP contribution in [0.3, 0.4) is 0 Å². The van der Waals surface area contributed by atoms with Crippen LogP contribution in [0.4, 0.5) is 5.69 Å². The fraction of sp³-hybridized carbons (Fsp3) is 0.429. The van der Waals surface area contributed by atoms with Crippen molar-refractivity contribution < 1.29 is 18.0 Å². The van der Waals surface area contributed by atoms with Crippen LogP contribution in [0.5, 0.6) is 0 Å². The molecule has 0 spiro atoms. The molecule has 0 saturated carbocycles. The number of amides is 2. The minimum absolute atomic E-state index is 0.0727. The Kier molecular flexibility index (Phi) is 5.54. The van der Waals surface area contributed by atoms with Crippen LogP contribution < -0.4 is 16.2 Å². The Morgan fingerprint density at radius 1 is 1.14 bits per heavy atom. The normalized spacial score (nSPS) is 11.5. The van der Waals surface area contributed by atoms with Crippen LogP contribution in [0.25, 0.3) is 0 Å². The Morgan fingerprint density at radius 2 is 1.59 bits per heavy atom. The van der Waals surface area contributed by atoms with E-state index < -0.39 is 21.8 Å². The molecular weight excluding hydrogens is 306 g/mol. The maximum absolute atomic E-state index is 11.8. The minimum Gasteiger partial charge on any atom is -0.366 e. The van der Waals surface area contributed by atoms with Crippen LogP contribution >= 0.6 is 0 Å². The topological polar surface area (TPSA) is 132 Å². The number of primary amides is 2. The van der Waals surface area contributed by atoms with Crippen LogP contribution in [0.1, 0.15) is 59.4 Å². The van der Waals surface area contributed by atoms with Gasteiger partial charge >= 0.3 is 0 Å². The lowest BCUT2D eigenvalue weighted by Gasteiger charge is -2.17. The molecule has 0 unspecified atom stereocenters. The molecule has 0 bridgehead atoms. The third-order valence-corrected chi connectivity index (χ3v) is 4.53. The molecule has 0 atom stereocenters. The molecule has 0 fully saturated rings. The zero-order chi connectivity index (χ0) is 17.1. The van der Waals surface area contributed by atoms with Gasteiger partial charge < -0.3 is 11.5 Å². The molecule has 1 aromatic rings. The van der Waals surface area contributed by atoms with Crippen molar-refractivity contribution in [3.05, 3.63) is 28.8 Å². The van der Waals surface area contributed by atoms with Crippen molar-refractivity contribution >= 4 is 27.5 Å². The summed E-state index contributed by atoms with van der Waals surface area (Å²) in [6.07, 6.45) is 0.435. The summed E-state index contributed by atoms with van der Waals surface area (Å²) in [6, 6.07) is 2.66. The van der Waals surface area contributed by atoms with Gasteiger partial charge in [-0.15, -0.1) is 0 Å². The van der Waals surface area contributed by atoms with E-state index in [2.05, 4.69) is 4.72 Å². The second-order valence-corrected chi connectivity index (χ2v) is 7.13. The zero-order valence-electron chi connectivity index (χ0n) is 12.8. The fourth-order valence-corrected chi connectivity index (χ4v) is 3.36. The van der Waals surface area contributed by atoms with E-state index in [1.807, 2.05) is 0 Å². The molecule has 0 heterocycles. The molecule has 122 valence electrons. The van der Waals surface area contributed by atoms with Crippen LogP contribution in [-0.4, -0.2) is 26.0 Å². The lowest BCUT2D eigenvalue weighted by Crippen LogP contribution is -2.23. The van der Waals surface area contributed by atoms with Crippen molar-refractivity contribution in [3.63, 3.8) is 0 Å². The maximum atomic E-state index is 11.8. The molecule has 0 aromatic heterocycles. The van der Waals surface area contributed by atoms with Crippen molar-refractivity contribution in [2.24, 2.45) is 11.5 Å². The number of benzene rings is 1. The van der Waals surface area contributed by atoms with Crippen LogP contribution in [0.15, 0.2) is 12.1 Å². The van der Waals surface area contributed by atoms with Crippen molar-refractivity contribution in [1.29, 1.82) is 0 Å². The molecule has 0 aliphatic rings. The highest BCUT2D eigenvalue weighted by atomic mass is 32.2. The first-order valence-corrected chi connectivity index (χ1v) is 8.52. The number of rotatable bonds is 7. The predicted molar refractivity (Wildman–Crippen MR) is 85.3 cm³/mol. The number of anilines is 1. The quantitative estimate of drug-likeness (QED) is 0.693. The van der Waals surface area contributed by atoms with Gasteiger partial charge in [0.05, 0.1) is 11.4 Å². The van der Waals surface area contributed by atoms with Gasteiger partial charge in [0, 0.05) is 11.1 Å². The van der Waals surface area contributed by atoms with Crippen LogP contribution in [0, 0.1) is 0 Å². The first-order valence-electron chi connectivity index (χ1n) is 6.87. The summed E-state index contributed by atoms with van der Waals surface area (Å²) in [5, 5.41) is 0. The van der Waals surface area contributed by atoms with E-state index in [1.165, 1.54) is 12.1 Å². The Labute approximate surface area is 130 Å². The summed E-state index contributed by atoms with van der Waals surface area (Å²) in [5.74, 6) is -1.74. The number of carbonyl (C=O) groups excluding carboxylic acids is 2. The standard InChI is InChI=1S/C14H21N3O4S/c1-4-5-22(20,21)17-9-6-10(13(15)18)12(8(2)3)11(7-9)14(16)19/h6-8,17H,4-5H2,1-3H3,(H2,15,18)(H2,16,19). The molecule has 0 aliphatic carbocycles. The Morgan fingerprint density at radius 3 is 1.91 bits per heavy atom. The zero-order valence-corrected chi connectivity index (χ0v) is 13.7. The van der Waals surface area contributed by atoms with Crippen molar-refractivity contribution in [2.45, 2.75) is 33.1 Å². The molecule has 0 radical (unpaired) electrons. The average molecular weight is 327 g/mol. The van der Waals surface area contributed by atoms with Gasteiger partial charge in [-0.2, -0.15) is 0 Å². The molecule has 0 aliphatic heterocycles. The van der Waals surface area contributed by atoms with Gasteiger partial charge in [-0.3, -0.25) is 14.3 Å². The van der Waals surface area contributed by atoms with Gasteiger partial charge in [-0.05, 0) is 30.0 Å². The number of nitrogens with two attached hydrogens (primary N) is 2. The monoisotopic (exact) mass is 327 g/mol. The van der Waals surface area contributed by atoms with Crippen molar-refractivity contribution in [2.75, 3.05) is 10.5 Å². The van der Waals surface area contributed by atoms with E-state index >= 15 is 0 Å². The lowest BCUT2D eigenvalue weighted by atomic mass is 9.90. The molecule has 2 amide bonds. The number of hydrogen-bond donors (Lipinski definition) is 3. The van der Waals surface area contributed by atoms with Gasteiger partial charge in [-0.1, -0.05) is 20.8 Å². The molecule has 5 N–H and O–H groups in total. The minimum atomic E-state index is -3.56. The van der Waals surface area contributed by atoms with E-state index in [0.717, 1.165) is 0 Å². The summed E-state index contributed by atoms with van der Waals surface area (Å²) in [6.45, 7) is 5.30. The van der Waals surface area contributed by atoms with Gasteiger partial charge in [0.25, 0.3) is 0 Å². The van der Waals surface area contributed by atoms with Crippen LogP contribution in [-0.2, 0) is 10.0 Å². The highest BCUT2D eigenvalue weighted by Crippen LogP contribution is 2.28. The summed E-state index contributed by atoms with van der Waals surface area (Å²) >= 11 is 0. The van der Waals surface area contributed by atoms with Gasteiger partial charge in [0.15, 0.2) is 0 Å². The van der Waals surface area contributed by atoms with E-state index in [9.17, 15) is 18.0 Å². The molecule has 1 rings (SSSR count). The van der Waals surface area contributed by atoms with Crippen molar-refractivity contribution in [1.82, 2.24) is 0 Å². The highest BCUT2D eigenvalue weighted by molar-refractivity contribution is 7.92. The first kappa shape index (κ1) is 18.0. The number of hydrogen-bond acceptors (Lipinski definition) is 4. The second-order valence-electron chi connectivity index (χ2n) is 5.29. The SMILES string of the molecule is CCCS(=O)(=O)Nc1cc(C(N)=O)c(C(C)C)c(C(N)=O)c1. The smallest absolute Gasteiger partial charge is 0.249 e. The summed E-state index contributed by atoms with van der Waals surface area (Å²) in [7, 11) is -3.56. The van der Waals surface area contributed by atoms with Gasteiger partial charge in [0.2, 0.25) is 21.8 Å². The summed E-state index contributed by atoms with van der Waals surface area (Å²) < 4.78 is 26.0. The number of carbonyl (C=O) groups is 2.